The Balaban J connectivity index is 1.96. The van der Waals surface area contributed by atoms with Gasteiger partial charge in [0.2, 0.25) is 0 Å². The average molecular weight is 507 g/mol. The Hall–Kier alpha value is -3.65. The number of nitrogens with zero attached hydrogens (tertiary/aromatic N) is 2. The van der Waals surface area contributed by atoms with E-state index in [9.17, 15) is 9.59 Å². The SMILES string of the molecule is CCOC(=O)C1=C(C)N=c2s/c(=C/c3ccc(C(C)C)cc3)c(=O)n2[C@H]1c1cc(OC)ccc1OC. The third-order valence-electron chi connectivity index (χ3n) is 6.15. The first-order valence-electron chi connectivity index (χ1n) is 11.8. The summed E-state index contributed by atoms with van der Waals surface area (Å²) >= 11 is 1.29. The molecule has 36 heavy (non-hydrogen) atoms. The fourth-order valence-electron chi connectivity index (χ4n) is 4.27. The number of esters is 1. The zero-order valence-corrected chi connectivity index (χ0v) is 22.1. The molecular formula is C28H30N2O5S. The second-order valence-corrected chi connectivity index (χ2v) is 9.74. The number of aromatic nitrogens is 1. The summed E-state index contributed by atoms with van der Waals surface area (Å²) in [6.07, 6.45) is 1.86. The Kier molecular flexibility index (Phi) is 7.45. The molecule has 188 valence electrons. The van der Waals surface area contributed by atoms with E-state index in [-0.39, 0.29) is 12.2 Å². The summed E-state index contributed by atoms with van der Waals surface area (Å²) in [6.45, 7) is 7.99. The third kappa shape index (κ3) is 4.73. The summed E-state index contributed by atoms with van der Waals surface area (Å²) in [6, 6.07) is 12.7. The predicted molar refractivity (Wildman–Crippen MR) is 140 cm³/mol. The Labute approximate surface area is 214 Å². The molecule has 0 aliphatic carbocycles. The molecule has 0 radical (unpaired) electrons. The van der Waals surface area contributed by atoms with Crippen molar-refractivity contribution in [3.63, 3.8) is 0 Å². The lowest BCUT2D eigenvalue weighted by molar-refractivity contribution is -0.139. The van der Waals surface area contributed by atoms with Gasteiger partial charge in [-0.1, -0.05) is 49.4 Å². The Morgan fingerprint density at radius 3 is 2.47 bits per heavy atom. The molecule has 1 aliphatic rings. The highest BCUT2D eigenvalue weighted by atomic mass is 32.1. The molecule has 2 heterocycles. The summed E-state index contributed by atoms with van der Waals surface area (Å²) in [7, 11) is 3.12. The van der Waals surface area contributed by atoms with E-state index >= 15 is 0 Å². The fourth-order valence-corrected chi connectivity index (χ4v) is 5.31. The molecule has 4 rings (SSSR count). The summed E-state index contributed by atoms with van der Waals surface area (Å²) in [5.41, 5.74) is 3.31. The molecule has 2 aromatic carbocycles. The molecule has 1 atom stereocenters. The number of ether oxygens (including phenoxy) is 3. The van der Waals surface area contributed by atoms with Crippen molar-refractivity contribution in [3.05, 3.63) is 90.1 Å². The zero-order valence-electron chi connectivity index (χ0n) is 21.3. The molecule has 0 saturated carbocycles. The number of fused-ring (bicyclic) bond motifs is 1. The van der Waals surface area contributed by atoms with Crippen LogP contribution < -0.4 is 24.4 Å². The van der Waals surface area contributed by atoms with Crippen LogP contribution >= 0.6 is 11.3 Å². The minimum Gasteiger partial charge on any atom is -0.497 e. The third-order valence-corrected chi connectivity index (χ3v) is 7.13. The van der Waals surface area contributed by atoms with Crippen LogP contribution in [0.3, 0.4) is 0 Å². The number of benzene rings is 2. The van der Waals surface area contributed by atoms with Crippen molar-refractivity contribution in [2.24, 2.45) is 4.99 Å². The number of carbonyl (C=O) groups excluding carboxylic acids is 1. The first kappa shape index (κ1) is 25.4. The second kappa shape index (κ2) is 10.5. The van der Waals surface area contributed by atoms with E-state index in [0.29, 0.717) is 43.6 Å². The maximum absolute atomic E-state index is 13.8. The average Bonchev–Trinajstić information content (AvgIpc) is 3.17. The van der Waals surface area contributed by atoms with Crippen LogP contribution in [0.4, 0.5) is 0 Å². The van der Waals surface area contributed by atoms with E-state index in [1.54, 1.807) is 50.8 Å². The van der Waals surface area contributed by atoms with E-state index in [1.165, 1.54) is 16.9 Å². The van der Waals surface area contributed by atoms with Crippen molar-refractivity contribution in [2.45, 2.75) is 39.7 Å². The van der Waals surface area contributed by atoms with Gasteiger partial charge in [-0.05, 0) is 55.2 Å². The topological polar surface area (TPSA) is 79.1 Å². The van der Waals surface area contributed by atoms with Gasteiger partial charge in [-0.15, -0.1) is 0 Å². The molecule has 0 amide bonds. The molecular weight excluding hydrogens is 476 g/mol. The molecule has 0 N–H and O–H groups in total. The van der Waals surface area contributed by atoms with Gasteiger partial charge in [0.05, 0.1) is 36.6 Å². The molecule has 1 aliphatic heterocycles. The lowest BCUT2D eigenvalue weighted by Crippen LogP contribution is -2.40. The lowest BCUT2D eigenvalue weighted by Gasteiger charge is -2.26. The van der Waals surface area contributed by atoms with Crippen LogP contribution in [0, 0.1) is 0 Å². The van der Waals surface area contributed by atoms with Crippen molar-refractivity contribution >= 4 is 23.4 Å². The van der Waals surface area contributed by atoms with Crippen LogP contribution in [0.15, 0.2) is 63.5 Å². The van der Waals surface area contributed by atoms with Crippen LogP contribution in [0.5, 0.6) is 11.5 Å². The quantitative estimate of drug-likeness (QED) is 0.454. The normalized spacial score (nSPS) is 15.5. The van der Waals surface area contributed by atoms with Gasteiger partial charge in [-0.25, -0.2) is 9.79 Å². The molecule has 0 saturated heterocycles. The van der Waals surface area contributed by atoms with E-state index in [2.05, 4.69) is 31.0 Å². The Morgan fingerprint density at radius 2 is 1.86 bits per heavy atom. The molecule has 7 nitrogen and oxygen atoms in total. The minimum atomic E-state index is -0.782. The number of hydrogen-bond acceptors (Lipinski definition) is 7. The molecule has 0 fully saturated rings. The first-order chi connectivity index (χ1) is 17.3. The van der Waals surface area contributed by atoms with Crippen molar-refractivity contribution < 1.29 is 19.0 Å². The summed E-state index contributed by atoms with van der Waals surface area (Å²) in [5.74, 6) is 1.01. The van der Waals surface area contributed by atoms with Crippen LogP contribution in [0.25, 0.3) is 6.08 Å². The molecule has 3 aromatic rings. The van der Waals surface area contributed by atoms with Crippen molar-refractivity contribution in [2.75, 3.05) is 20.8 Å². The highest BCUT2D eigenvalue weighted by molar-refractivity contribution is 7.07. The molecule has 0 unspecified atom stereocenters. The van der Waals surface area contributed by atoms with Gasteiger partial charge in [-0.3, -0.25) is 9.36 Å². The minimum absolute atomic E-state index is 0.203. The van der Waals surface area contributed by atoms with E-state index < -0.39 is 12.0 Å². The van der Waals surface area contributed by atoms with Crippen molar-refractivity contribution in [1.82, 2.24) is 4.57 Å². The maximum Gasteiger partial charge on any atom is 0.338 e. The van der Waals surface area contributed by atoms with E-state index in [1.807, 2.05) is 18.2 Å². The van der Waals surface area contributed by atoms with Crippen LogP contribution in [-0.4, -0.2) is 31.4 Å². The number of carbonyl (C=O) groups is 1. The van der Waals surface area contributed by atoms with Crippen LogP contribution in [0.1, 0.15) is 56.3 Å². The summed E-state index contributed by atoms with van der Waals surface area (Å²) in [4.78, 5) is 32.1. The van der Waals surface area contributed by atoms with Gasteiger partial charge in [0, 0.05) is 5.56 Å². The van der Waals surface area contributed by atoms with Crippen molar-refractivity contribution in [1.29, 1.82) is 0 Å². The van der Waals surface area contributed by atoms with Gasteiger partial charge in [0.15, 0.2) is 4.80 Å². The molecule has 1 aromatic heterocycles. The monoisotopic (exact) mass is 506 g/mol. The molecule has 0 bridgehead atoms. The first-order valence-corrected chi connectivity index (χ1v) is 12.6. The highest BCUT2D eigenvalue weighted by Gasteiger charge is 2.35. The number of hydrogen-bond donors (Lipinski definition) is 0. The summed E-state index contributed by atoms with van der Waals surface area (Å²) in [5, 5.41) is 0. The fraction of sp³-hybridized carbons (Fsp3) is 0.321. The second-order valence-electron chi connectivity index (χ2n) is 8.73. The smallest absolute Gasteiger partial charge is 0.338 e. The van der Waals surface area contributed by atoms with Crippen LogP contribution in [0.2, 0.25) is 0 Å². The Morgan fingerprint density at radius 1 is 1.14 bits per heavy atom. The number of thiazole rings is 1. The van der Waals surface area contributed by atoms with Gasteiger partial charge >= 0.3 is 5.97 Å². The zero-order chi connectivity index (χ0) is 26.0. The lowest BCUT2D eigenvalue weighted by atomic mass is 9.94. The Bertz CT molecular complexity index is 1500. The highest BCUT2D eigenvalue weighted by Crippen LogP contribution is 2.37. The van der Waals surface area contributed by atoms with E-state index in [4.69, 9.17) is 14.2 Å². The molecule has 0 spiro atoms. The number of allylic oxidation sites excluding steroid dienone is 1. The maximum atomic E-state index is 13.8. The molecule has 8 heteroatoms. The standard InChI is InChI=1S/C28H30N2O5S/c1-7-35-27(32)24-17(4)29-28-30(25(24)21-15-20(33-5)12-13-22(21)34-6)26(31)23(36-28)14-18-8-10-19(11-9-18)16(2)3/h8-16,25H,7H2,1-6H3/b23-14+/t25-/m0/s1. The van der Waals surface area contributed by atoms with Gasteiger partial charge in [0.1, 0.15) is 17.5 Å². The number of rotatable bonds is 7. The van der Waals surface area contributed by atoms with Gasteiger partial charge in [0.25, 0.3) is 5.56 Å². The van der Waals surface area contributed by atoms with Crippen molar-refractivity contribution in [3.8, 4) is 11.5 Å². The van der Waals surface area contributed by atoms with Gasteiger partial charge < -0.3 is 14.2 Å². The number of methoxy groups -OCH3 is 2. The van der Waals surface area contributed by atoms with E-state index in [0.717, 1.165) is 5.56 Å². The predicted octanol–water partition coefficient (Wildman–Crippen LogP) is 3.94. The largest absolute Gasteiger partial charge is 0.497 e. The summed E-state index contributed by atoms with van der Waals surface area (Å²) < 4.78 is 18.5. The van der Waals surface area contributed by atoms with Gasteiger partial charge in [-0.2, -0.15) is 0 Å². The van der Waals surface area contributed by atoms with Crippen LogP contribution in [-0.2, 0) is 9.53 Å².